The second-order valence-corrected chi connectivity index (χ2v) is 4.20. The lowest BCUT2D eigenvalue weighted by molar-refractivity contribution is -0.145. The van der Waals surface area contributed by atoms with Gasteiger partial charge in [0.2, 0.25) is 0 Å². The lowest BCUT2D eigenvalue weighted by Crippen LogP contribution is -2.44. The van der Waals surface area contributed by atoms with Gasteiger partial charge in [0.25, 0.3) is 0 Å². The molecule has 0 aromatic rings. The minimum Gasteiger partial charge on any atom is -0.382 e. The van der Waals surface area contributed by atoms with Gasteiger partial charge in [-0.15, -0.1) is 0 Å². The fourth-order valence-corrected chi connectivity index (χ4v) is 1.79. The minimum absolute atomic E-state index is 0.421. The van der Waals surface area contributed by atoms with Crippen molar-refractivity contribution < 1.29 is 14.3 Å². The SMILES string of the molecule is CCOCCCNC(=O)C(=O)N1CCCNCC1. The van der Waals surface area contributed by atoms with E-state index in [1.165, 1.54) is 0 Å². The number of carbonyl (C=O) groups is 2. The molecule has 1 fully saturated rings. The van der Waals surface area contributed by atoms with E-state index in [0.717, 1.165) is 25.9 Å². The van der Waals surface area contributed by atoms with Crippen LogP contribution < -0.4 is 10.6 Å². The van der Waals surface area contributed by atoms with Crippen LogP contribution in [-0.2, 0) is 14.3 Å². The highest BCUT2D eigenvalue weighted by molar-refractivity contribution is 6.35. The van der Waals surface area contributed by atoms with Crippen LogP contribution in [0.25, 0.3) is 0 Å². The third-order valence-electron chi connectivity index (χ3n) is 2.78. The first-order valence-electron chi connectivity index (χ1n) is 6.61. The Labute approximate surface area is 108 Å². The average Bonchev–Trinajstić information content (AvgIpc) is 2.66. The Morgan fingerprint density at radius 3 is 2.94 bits per heavy atom. The molecule has 0 aromatic carbocycles. The van der Waals surface area contributed by atoms with Crippen molar-refractivity contribution in [2.45, 2.75) is 19.8 Å². The molecule has 0 spiro atoms. The lowest BCUT2D eigenvalue weighted by Gasteiger charge is -2.19. The maximum atomic E-state index is 11.8. The summed E-state index contributed by atoms with van der Waals surface area (Å²) in [6.07, 6.45) is 1.62. The van der Waals surface area contributed by atoms with Crippen LogP contribution in [0.5, 0.6) is 0 Å². The Morgan fingerprint density at radius 2 is 2.17 bits per heavy atom. The summed E-state index contributed by atoms with van der Waals surface area (Å²) in [4.78, 5) is 25.1. The molecular weight excluding hydrogens is 234 g/mol. The van der Waals surface area contributed by atoms with Gasteiger partial charge < -0.3 is 20.3 Å². The predicted molar refractivity (Wildman–Crippen MR) is 68.2 cm³/mol. The molecule has 0 atom stereocenters. The molecule has 6 heteroatoms. The van der Waals surface area contributed by atoms with Crippen molar-refractivity contribution in [3.8, 4) is 0 Å². The third-order valence-corrected chi connectivity index (χ3v) is 2.78. The Balaban J connectivity index is 2.20. The van der Waals surface area contributed by atoms with Crippen LogP contribution in [0.2, 0.25) is 0 Å². The molecule has 0 radical (unpaired) electrons. The first-order chi connectivity index (χ1) is 8.75. The van der Waals surface area contributed by atoms with Gasteiger partial charge in [-0.25, -0.2) is 0 Å². The summed E-state index contributed by atoms with van der Waals surface area (Å²) in [6.45, 7) is 6.60. The smallest absolute Gasteiger partial charge is 0.311 e. The van der Waals surface area contributed by atoms with Crippen molar-refractivity contribution in [3.05, 3.63) is 0 Å². The highest BCUT2D eigenvalue weighted by atomic mass is 16.5. The van der Waals surface area contributed by atoms with E-state index in [9.17, 15) is 9.59 Å². The zero-order chi connectivity index (χ0) is 13.2. The second kappa shape index (κ2) is 8.88. The highest BCUT2D eigenvalue weighted by Crippen LogP contribution is 1.96. The zero-order valence-corrected chi connectivity index (χ0v) is 11.0. The number of hydrogen-bond donors (Lipinski definition) is 2. The summed E-state index contributed by atoms with van der Waals surface area (Å²) in [5.41, 5.74) is 0. The first-order valence-corrected chi connectivity index (χ1v) is 6.61. The molecule has 1 aliphatic heterocycles. The average molecular weight is 257 g/mol. The summed E-state index contributed by atoms with van der Waals surface area (Å²) < 4.78 is 5.15. The number of nitrogens with one attached hydrogen (secondary N) is 2. The van der Waals surface area contributed by atoms with Crippen LogP contribution >= 0.6 is 0 Å². The van der Waals surface area contributed by atoms with Crippen LogP contribution in [0, 0.1) is 0 Å². The summed E-state index contributed by atoms with van der Waals surface area (Å²) in [6, 6.07) is 0. The Kier molecular flexibility index (Phi) is 7.36. The van der Waals surface area contributed by atoms with Gasteiger partial charge in [-0.05, 0) is 26.3 Å². The molecule has 0 unspecified atom stereocenters. The molecule has 1 saturated heterocycles. The Hall–Kier alpha value is -1.14. The van der Waals surface area contributed by atoms with Crippen molar-refractivity contribution in [2.24, 2.45) is 0 Å². The van der Waals surface area contributed by atoms with Crippen LogP contribution in [0.1, 0.15) is 19.8 Å². The molecule has 0 bridgehead atoms. The standard InChI is InChI=1S/C12H23N3O3/c1-2-18-10-4-6-14-11(16)12(17)15-8-3-5-13-7-9-15/h13H,2-10H2,1H3,(H,14,16). The van der Waals surface area contributed by atoms with Gasteiger partial charge in [-0.3, -0.25) is 9.59 Å². The van der Waals surface area contributed by atoms with Crippen LogP contribution in [0.15, 0.2) is 0 Å². The largest absolute Gasteiger partial charge is 0.382 e. The molecular formula is C12H23N3O3. The van der Waals surface area contributed by atoms with Crippen molar-refractivity contribution in [3.63, 3.8) is 0 Å². The van der Waals surface area contributed by atoms with E-state index in [2.05, 4.69) is 10.6 Å². The van der Waals surface area contributed by atoms with Gasteiger partial charge in [0, 0.05) is 39.4 Å². The second-order valence-electron chi connectivity index (χ2n) is 4.20. The minimum atomic E-state index is -0.506. The molecule has 0 aromatic heterocycles. The molecule has 1 aliphatic rings. The number of hydrogen-bond acceptors (Lipinski definition) is 4. The number of carbonyl (C=O) groups excluding carboxylic acids is 2. The van der Waals surface area contributed by atoms with Gasteiger partial charge in [0.1, 0.15) is 0 Å². The van der Waals surface area contributed by atoms with E-state index in [0.29, 0.717) is 32.8 Å². The Bertz CT molecular complexity index is 263. The van der Waals surface area contributed by atoms with E-state index in [-0.39, 0.29) is 0 Å². The normalized spacial score (nSPS) is 16.2. The summed E-state index contributed by atoms with van der Waals surface area (Å²) in [5.74, 6) is -0.927. The van der Waals surface area contributed by atoms with Gasteiger partial charge in [0.15, 0.2) is 0 Å². The van der Waals surface area contributed by atoms with Crippen molar-refractivity contribution in [2.75, 3.05) is 45.9 Å². The molecule has 6 nitrogen and oxygen atoms in total. The first kappa shape index (κ1) is 14.9. The van der Waals surface area contributed by atoms with E-state index >= 15 is 0 Å². The number of nitrogens with zero attached hydrogens (tertiary/aromatic N) is 1. The van der Waals surface area contributed by atoms with Crippen LogP contribution in [0.4, 0.5) is 0 Å². The van der Waals surface area contributed by atoms with Crippen LogP contribution in [-0.4, -0.2) is 62.7 Å². The fraction of sp³-hybridized carbons (Fsp3) is 0.833. The maximum Gasteiger partial charge on any atom is 0.311 e. The van der Waals surface area contributed by atoms with Gasteiger partial charge in [-0.1, -0.05) is 0 Å². The monoisotopic (exact) mass is 257 g/mol. The van der Waals surface area contributed by atoms with E-state index < -0.39 is 11.8 Å². The summed E-state index contributed by atoms with van der Waals surface area (Å²) in [5, 5.41) is 5.82. The molecule has 2 N–H and O–H groups in total. The molecule has 104 valence electrons. The molecule has 0 saturated carbocycles. The molecule has 18 heavy (non-hydrogen) atoms. The third kappa shape index (κ3) is 5.46. The molecule has 2 amide bonds. The van der Waals surface area contributed by atoms with Crippen molar-refractivity contribution >= 4 is 11.8 Å². The number of ether oxygens (including phenoxy) is 1. The predicted octanol–water partition coefficient (Wildman–Crippen LogP) is -0.649. The van der Waals surface area contributed by atoms with Gasteiger partial charge in [0.05, 0.1) is 0 Å². The topological polar surface area (TPSA) is 70.7 Å². The highest BCUT2D eigenvalue weighted by Gasteiger charge is 2.21. The molecule has 1 heterocycles. The lowest BCUT2D eigenvalue weighted by atomic mass is 10.3. The van der Waals surface area contributed by atoms with E-state index in [1.807, 2.05) is 6.92 Å². The quantitative estimate of drug-likeness (QED) is 0.507. The summed E-state index contributed by atoms with van der Waals surface area (Å²) in [7, 11) is 0. The molecule has 0 aliphatic carbocycles. The maximum absolute atomic E-state index is 11.8. The van der Waals surface area contributed by atoms with Gasteiger partial charge >= 0.3 is 11.8 Å². The number of amides is 2. The van der Waals surface area contributed by atoms with E-state index in [4.69, 9.17) is 4.74 Å². The van der Waals surface area contributed by atoms with Crippen molar-refractivity contribution in [1.29, 1.82) is 0 Å². The van der Waals surface area contributed by atoms with Gasteiger partial charge in [-0.2, -0.15) is 0 Å². The number of rotatable bonds is 5. The van der Waals surface area contributed by atoms with E-state index in [1.54, 1.807) is 4.90 Å². The molecule has 1 rings (SSSR count). The fourth-order valence-electron chi connectivity index (χ4n) is 1.79. The Morgan fingerprint density at radius 1 is 1.33 bits per heavy atom. The van der Waals surface area contributed by atoms with Crippen molar-refractivity contribution in [1.82, 2.24) is 15.5 Å². The van der Waals surface area contributed by atoms with Crippen LogP contribution in [0.3, 0.4) is 0 Å². The summed E-state index contributed by atoms with van der Waals surface area (Å²) >= 11 is 0. The zero-order valence-electron chi connectivity index (χ0n) is 11.0.